The molecule has 1 aliphatic rings. The molecular weight excluding hydrogens is 505 g/mol. The standard InChI is InChI=1S/C23H14Cl3N3O3S/c24-15-5-7-19(18(26)11-15)28-27-16-6-8-20(30)14(9-16)10-21-22(31)29(23(32)33-21)12-13-3-1-2-4-17(13)25/h1-11,30H,12H2/b21-10-,28-27?. The molecule has 0 saturated carbocycles. The van der Waals surface area contributed by atoms with Gasteiger partial charge in [-0.3, -0.25) is 14.5 Å². The molecule has 0 aromatic heterocycles. The highest BCUT2D eigenvalue weighted by molar-refractivity contribution is 8.18. The van der Waals surface area contributed by atoms with Crippen LogP contribution in [0.25, 0.3) is 6.08 Å². The van der Waals surface area contributed by atoms with Gasteiger partial charge >= 0.3 is 0 Å². The van der Waals surface area contributed by atoms with Gasteiger partial charge < -0.3 is 5.11 Å². The van der Waals surface area contributed by atoms with Crippen LogP contribution in [0.1, 0.15) is 11.1 Å². The fourth-order valence-corrected chi connectivity index (χ4v) is 4.44. The first-order chi connectivity index (χ1) is 15.8. The van der Waals surface area contributed by atoms with Gasteiger partial charge in [-0.25, -0.2) is 0 Å². The lowest BCUT2D eigenvalue weighted by molar-refractivity contribution is -0.123. The summed E-state index contributed by atoms with van der Waals surface area (Å²) in [6.07, 6.45) is 1.45. The Morgan fingerprint density at radius 2 is 1.73 bits per heavy atom. The van der Waals surface area contributed by atoms with E-state index in [9.17, 15) is 14.7 Å². The number of carbonyl (C=O) groups is 2. The summed E-state index contributed by atoms with van der Waals surface area (Å²) in [4.78, 5) is 26.6. The average Bonchev–Trinajstić information content (AvgIpc) is 3.04. The third-order valence-corrected chi connectivity index (χ3v) is 6.45. The molecule has 33 heavy (non-hydrogen) atoms. The van der Waals surface area contributed by atoms with Crippen molar-refractivity contribution >= 4 is 75.2 Å². The van der Waals surface area contributed by atoms with E-state index >= 15 is 0 Å². The molecule has 1 heterocycles. The van der Waals surface area contributed by atoms with Gasteiger partial charge in [-0.05, 0) is 65.9 Å². The van der Waals surface area contributed by atoms with Crippen molar-refractivity contribution in [2.45, 2.75) is 6.54 Å². The summed E-state index contributed by atoms with van der Waals surface area (Å²) in [7, 11) is 0. The molecule has 6 nitrogen and oxygen atoms in total. The first-order valence-electron chi connectivity index (χ1n) is 9.50. The summed E-state index contributed by atoms with van der Waals surface area (Å²) < 4.78 is 0. The molecule has 166 valence electrons. The predicted octanol–water partition coefficient (Wildman–Crippen LogP) is 8.00. The molecule has 4 rings (SSSR count). The summed E-state index contributed by atoms with van der Waals surface area (Å²) in [5.74, 6) is -0.541. The molecular formula is C23H14Cl3N3O3S. The molecule has 3 aromatic carbocycles. The Hall–Kier alpha value is -2.84. The molecule has 0 spiro atoms. The smallest absolute Gasteiger partial charge is 0.293 e. The number of hydrogen-bond acceptors (Lipinski definition) is 6. The molecule has 3 aromatic rings. The lowest BCUT2D eigenvalue weighted by atomic mass is 10.1. The maximum Gasteiger partial charge on any atom is 0.293 e. The minimum Gasteiger partial charge on any atom is -0.507 e. The van der Waals surface area contributed by atoms with E-state index in [2.05, 4.69) is 10.2 Å². The van der Waals surface area contributed by atoms with Crippen LogP contribution in [0, 0.1) is 0 Å². The molecule has 0 unspecified atom stereocenters. The van der Waals surface area contributed by atoms with Crippen molar-refractivity contribution in [2.75, 3.05) is 0 Å². The van der Waals surface area contributed by atoms with Crippen molar-refractivity contribution in [3.63, 3.8) is 0 Å². The van der Waals surface area contributed by atoms with Gasteiger partial charge in [0.25, 0.3) is 11.1 Å². The maximum absolute atomic E-state index is 12.8. The number of benzene rings is 3. The number of halogens is 3. The highest BCUT2D eigenvalue weighted by atomic mass is 35.5. The Kier molecular flexibility index (Phi) is 7.05. The number of azo groups is 1. The second kappa shape index (κ2) is 9.97. The van der Waals surface area contributed by atoms with Gasteiger partial charge in [0, 0.05) is 15.6 Å². The zero-order valence-corrected chi connectivity index (χ0v) is 19.8. The number of aromatic hydroxyl groups is 1. The van der Waals surface area contributed by atoms with Crippen LogP contribution in [0.4, 0.5) is 16.2 Å². The molecule has 0 radical (unpaired) electrons. The number of phenolic OH excluding ortho intramolecular Hbond substituents is 1. The SMILES string of the molecule is O=C1S/C(=C\c2cc(N=Nc3ccc(Cl)cc3Cl)ccc2O)C(=O)N1Cc1ccccc1Cl. The van der Waals surface area contributed by atoms with Gasteiger partial charge in [0.15, 0.2) is 0 Å². The number of amides is 2. The number of thioether (sulfide) groups is 1. The van der Waals surface area contributed by atoms with Crippen LogP contribution < -0.4 is 0 Å². The molecule has 2 amide bonds. The van der Waals surface area contributed by atoms with E-state index < -0.39 is 11.1 Å². The molecule has 0 bridgehead atoms. The van der Waals surface area contributed by atoms with Crippen LogP contribution in [0.15, 0.2) is 75.8 Å². The van der Waals surface area contributed by atoms with Crippen LogP contribution in [0.2, 0.25) is 15.1 Å². The van der Waals surface area contributed by atoms with E-state index in [1.165, 1.54) is 12.1 Å². The average molecular weight is 519 g/mol. The molecule has 1 aliphatic heterocycles. The van der Waals surface area contributed by atoms with Gasteiger partial charge in [-0.2, -0.15) is 5.11 Å². The first-order valence-corrected chi connectivity index (χ1v) is 11.5. The summed E-state index contributed by atoms with van der Waals surface area (Å²) >= 11 is 18.9. The topological polar surface area (TPSA) is 82.3 Å². The number of carbonyl (C=O) groups excluding carboxylic acids is 2. The minimum absolute atomic E-state index is 0.0593. The van der Waals surface area contributed by atoms with E-state index in [-0.39, 0.29) is 17.2 Å². The van der Waals surface area contributed by atoms with E-state index in [0.717, 1.165) is 16.7 Å². The van der Waals surface area contributed by atoms with Gasteiger partial charge in [0.05, 0.1) is 22.2 Å². The van der Waals surface area contributed by atoms with Crippen molar-refractivity contribution in [3.8, 4) is 5.75 Å². The Morgan fingerprint density at radius 3 is 2.48 bits per heavy atom. The molecule has 0 atom stereocenters. The lowest BCUT2D eigenvalue weighted by Gasteiger charge is -2.13. The zero-order valence-electron chi connectivity index (χ0n) is 16.7. The normalized spacial score (nSPS) is 15.2. The van der Waals surface area contributed by atoms with Gasteiger partial charge in [-0.1, -0.05) is 53.0 Å². The highest BCUT2D eigenvalue weighted by Crippen LogP contribution is 2.36. The van der Waals surface area contributed by atoms with Crippen molar-refractivity contribution in [2.24, 2.45) is 10.2 Å². The second-order valence-electron chi connectivity index (χ2n) is 6.90. The Bertz CT molecular complexity index is 1330. The fourth-order valence-electron chi connectivity index (χ4n) is 2.97. The maximum atomic E-state index is 12.8. The van der Waals surface area contributed by atoms with Crippen LogP contribution in [0.5, 0.6) is 5.75 Å². The summed E-state index contributed by atoms with van der Waals surface area (Å²) in [6, 6.07) is 16.4. The van der Waals surface area contributed by atoms with E-state index in [4.69, 9.17) is 34.8 Å². The largest absolute Gasteiger partial charge is 0.507 e. The van der Waals surface area contributed by atoms with Crippen LogP contribution in [-0.2, 0) is 11.3 Å². The second-order valence-corrected chi connectivity index (χ2v) is 9.14. The molecule has 1 saturated heterocycles. The number of phenols is 1. The van der Waals surface area contributed by atoms with E-state index in [1.54, 1.807) is 54.6 Å². The van der Waals surface area contributed by atoms with Crippen LogP contribution in [-0.4, -0.2) is 21.2 Å². The van der Waals surface area contributed by atoms with Crippen molar-refractivity contribution in [1.29, 1.82) is 0 Å². The molecule has 10 heteroatoms. The minimum atomic E-state index is -0.468. The first kappa shape index (κ1) is 23.3. The number of rotatable bonds is 5. The number of hydrogen-bond donors (Lipinski definition) is 1. The summed E-state index contributed by atoms with van der Waals surface area (Å²) in [5, 5.41) is 19.4. The third kappa shape index (κ3) is 5.39. The lowest BCUT2D eigenvalue weighted by Crippen LogP contribution is -2.27. The zero-order chi connectivity index (χ0) is 23.5. The number of nitrogens with zero attached hydrogens (tertiary/aromatic N) is 3. The Labute approximate surface area is 208 Å². The number of imide groups is 1. The van der Waals surface area contributed by atoms with Crippen molar-refractivity contribution < 1.29 is 14.7 Å². The predicted molar refractivity (Wildman–Crippen MR) is 132 cm³/mol. The molecule has 0 aliphatic carbocycles. The Balaban J connectivity index is 1.57. The highest BCUT2D eigenvalue weighted by Gasteiger charge is 2.35. The van der Waals surface area contributed by atoms with Crippen LogP contribution >= 0.6 is 46.6 Å². The Morgan fingerprint density at radius 1 is 0.939 bits per heavy atom. The monoisotopic (exact) mass is 517 g/mol. The van der Waals surface area contributed by atoms with E-state index in [0.29, 0.717) is 37.6 Å². The van der Waals surface area contributed by atoms with Crippen molar-refractivity contribution in [3.05, 3.63) is 91.8 Å². The van der Waals surface area contributed by atoms with E-state index in [1.807, 2.05) is 0 Å². The van der Waals surface area contributed by atoms with Gasteiger partial charge in [-0.15, -0.1) is 5.11 Å². The third-order valence-electron chi connectivity index (χ3n) is 4.64. The van der Waals surface area contributed by atoms with Crippen LogP contribution in [0.3, 0.4) is 0 Å². The van der Waals surface area contributed by atoms with Gasteiger partial charge in [0.2, 0.25) is 0 Å². The quantitative estimate of drug-likeness (QED) is 0.274. The molecule has 1 N–H and O–H groups in total. The van der Waals surface area contributed by atoms with Gasteiger partial charge in [0.1, 0.15) is 11.4 Å². The molecule has 1 fully saturated rings. The summed E-state index contributed by atoms with van der Waals surface area (Å²) in [6.45, 7) is 0.0593. The van der Waals surface area contributed by atoms with Crippen molar-refractivity contribution in [1.82, 2.24) is 4.90 Å². The fraction of sp³-hybridized carbons (Fsp3) is 0.0435. The summed E-state index contributed by atoms with van der Waals surface area (Å²) in [5.41, 5.74) is 1.82.